The largest absolute Gasteiger partial charge is 0.341 e. The lowest BCUT2D eigenvalue weighted by Crippen LogP contribution is -2.27. The topological polar surface area (TPSA) is 63.5 Å². The third-order valence-electron chi connectivity index (χ3n) is 2.66. The molecule has 0 spiro atoms. The van der Waals surface area contributed by atoms with Gasteiger partial charge in [0.1, 0.15) is 0 Å². The van der Waals surface area contributed by atoms with Gasteiger partial charge in [0.25, 0.3) is 5.69 Å². The van der Waals surface area contributed by atoms with Crippen molar-refractivity contribution in [2.24, 2.45) is 5.92 Å². The molecule has 1 rings (SSSR count). The predicted octanol–water partition coefficient (Wildman–Crippen LogP) is 3.25. The zero-order chi connectivity index (χ0) is 14.6. The molecule has 0 atom stereocenters. The van der Waals surface area contributed by atoms with Gasteiger partial charge in [0, 0.05) is 37.2 Å². The number of carbonyl (C=O) groups excluding carboxylic acids is 1. The number of benzene rings is 1. The molecule has 0 aromatic heterocycles. The lowest BCUT2D eigenvalue weighted by Gasteiger charge is -2.19. The Kier molecular flexibility index (Phi) is 5.30. The minimum atomic E-state index is -0.476. The van der Waals surface area contributed by atoms with Gasteiger partial charge in [-0.05, 0) is 17.5 Å². The first-order valence-electron chi connectivity index (χ1n) is 5.98. The first-order valence-corrected chi connectivity index (χ1v) is 6.35. The second-order valence-electron chi connectivity index (χ2n) is 4.88. The van der Waals surface area contributed by atoms with Gasteiger partial charge in [-0.15, -0.1) is 0 Å². The van der Waals surface area contributed by atoms with Crippen molar-refractivity contribution in [3.63, 3.8) is 0 Å². The van der Waals surface area contributed by atoms with Crippen LogP contribution in [0.25, 0.3) is 0 Å². The molecular weight excluding hydrogens is 268 g/mol. The van der Waals surface area contributed by atoms with Crippen LogP contribution in [0.4, 0.5) is 5.69 Å². The zero-order valence-corrected chi connectivity index (χ0v) is 12.0. The Morgan fingerprint density at radius 1 is 1.47 bits per heavy atom. The van der Waals surface area contributed by atoms with Crippen molar-refractivity contribution in [3.05, 3.63) is 38.9 Å². The van der Waals surface area contributed by atoms with Gasteiger partial charge in [-0.1, -0.05) is 25.4 Å². The zero-order valence-electron chi connectivity index (χ0n) is 11.2. The monoisotopic (exact) mass is 284 g/mol. The van der Waals surface area contributed by atoms with E-state index >= 15 is 0 Å². The number of hydrogen-bond donors (Lipinski definition) is 0. The number of nitro groups is 1. The summed E-state index contributed by atoms with van der Waals surface area (Å²) in [5, 5.41) is 11.1. The van der Waals surface area contributed by atoms with Crippen LogP contribution in [0.2, 0.25) is 5.02 Å². The smallest absolute Gasteiger partial charge is 0.269 e. The molecule has 1 aromatic rings. The number of nitrogens with zero attached hydrogens (tertiary/aromatic N) is 2. The Bertz CT molecular complexity index is 489. The molecule has 0 saturated carbocycles. The van der Waals surface area contributed by atoms with Crippen LogP contribution in [0, 0.1) is 16.0 Å². The van der Waals surface area contributed by atoms with E-state index in [0.717, 1.165) is 0 Å². The third kappa shape index (κ3) is 4.52. The molecule has 5 nitrogen and oxygen atoms in total. The highest BCUT2D eigenvalue weighted by atomic mass is 35.5. The molecule has 0 N–H and O–H groups in total. The summed E-state index contributed by atoms with van der Waals surface area (Å²) in [6.07, 6.45) is 0.447. The summed E-state index contributed by atoms with van der Waals surface area (Å²) in [6.45, 7) is 4.20. The quantitative estimate of drug-likeness (QED) is 0.616. The van der Waals surface area contributed by atoms with Gasteiger partial charge in [-0.25, -0.2) is 0 Å². The van der Waals surface area contributed by atoms with Crippen LogP contribution >= 0.6 is 11.6 Å². The highest BCUT2D eigenvalue weighted by molar-refractivity contribution is 6.31. The van der Waals surface area contributed by atoms with Gasteiger partial charge in [-0.3, -0.25) is 14.9 Å². The van der Waals surface area contributed by atoms with Gasteiger partial charge in [0.05, 0.1) is 4.92 Å². The summed E-state index contributed by atoms with van der Waals surface area (Å²) in [4.78, 5) is 23.6. The highest BCUT2D eigenvalue weighted by Crippen LogP contribution is 2.23. The molecule has 6 heteroatoms. The van der Waals surface area contributed by atoms with Crippen molar-refractivity contribution < 1.29 is 9.72 Å². The van der Waals surface area contributed by atoms with E-state index in [4.69, 9.17) is 11.6 Å². The summed E-state index contributed by atoms with van der Waals surface area (Å²) >= 11 is 5.99. The first kappa shape index (κ1) is 15.4. The summed E-state index contributed by atoms with van der Waals surface area (Å²) in [7, 11) is 1.67. The van der Waals surface area contributed by atoms with Crippen LogP contribution in [0.1, 0.15) is 25.8 Å². The Morgan fingerprint density at radius 3 is 2.63 bits per heavy atom. The average Bonchev–Trinajstić information content (AvgIpc) is 2.30. The summed E-state index contributed by atoms with van der Waals surface area (Å²) < 4.78 is 0. The molecule has 0 aliphatic carbocycles. The van der Waals surface area contributed by atoms with Crippen LogP contribution in [-0.2, 0) is 11.3 Å². The van der Waals surface area contributed by atoms with Crippen LogP contribution in [0.15, 0.2) is 18.2 Å². The van der Waals surface area contributed by atoms with Crippen molar-refractivity contribution in [1.82, 2.24) is 4.90 Å². The molecule has 0 unspecified atom stereocenters. The number of rotatable bonds is 5. The lowest BCUT2D eigenvalue weighted by molar-refractivity contribution is -0.384. The molecule has 0 radical (unpaired) electrons. The van der Waals surface area contributed by atoms with Crippen molar-refractivity contribution in [1.29, 1.82) is 0 Å². The van der Waals surface area contributed by atoms with E-state index in [1.165, 1.54) is 23.1 Å². The molecule has 19 heavy (non-hydrogen) atoms. The van der Waals surface area contributed by atoms with Gasteiger partial charge in [0.15, 0.2) is 0 Å². The Hall–Kier alpha value is -1.62. The second-order valence-corrected chi connectivity index (χ2v) is 5.29. The third-order valence-corrected chi connectivity index (χ3v) is 3.02. The molecular formula is C13H17ClN2O3. The van der Waals surface area contributed by atoms with Crippen LogP contribution in [-0.4, -0.2) is 22.8 Å². The standard InChI is InChI=1S/C13H17ClN2O3/c1-9(2)6-13(17)15(3)8-10-7-11(16(18)19)4-5-12(10)14/h4-5,7,9H,6,8H2,1-3H3. The molecule has 1 aromatic carbocycles. The number of hydrogen-bond acceptors (Lipinski definition) is 3. The van der Waals surface area contributed by atoms with Crippen molar-refractivity contribution in [2.75, 3.05) is 7.05 Å². The maximum Gasteiger partial charge on any atom is 0.269 e. The number of halogens is 1. The second kappa shape index (κ2) is 6.52. The number of carbonyl (C=O) groups is 1. The summed E-state index contributed by atoms with van der Waals surface area (Å²) in [5.41, 5.74) is 0.555. The normalized spacial score (nSPS) is 10.6. The fraction of sp³-hybridized carbons (Fsp3) is 0.462. The van der Waals surface area contributed by atoms with Crippen molar-refractivity contribution in [2.45, 2.75) is 26.8 Å². The SMILES string of the molecule is CC(C)CC(=O)N(C)Cc1cc([N+](=O)[O-])ccc1Cl. The van der Waals surface area contributed by atoms with Crippen LogP contribution in [0.5, 0.6) is 0 Å². The fourth-order valence-electron chi connectivity index (χ4n) is 1.64. The molecule has 0 heterocycles. The first-order chi connectivity index (χ1) is 8.81. The molecule has 0 aliphatic rings. The van der Waals surface area contributed by atoms with E-state index in [9.17, 15) is 14.9 Å². The van der Waals surface area contributed by atoms with E-state index in [1.807, 2.05) is 13.8 Å². The Labute approximate surface area is 117 Å². The van der Waals surface area contributed by atoms with Crippen molar-refractivity contribution in [3.8, 4) is 0 Å². The minimum absolute atomic E-state index is 0.00225. The van der Waals surface area contributed by atoms with Gasteiger partial charge < -0.3 is 4.90 Å². The van der Waals surface area contributed by atoms with Crippen molar-refractivity contribution >= 4 is 23.2 Å². The summed E-state index contributed by atoms with van der Waals surface area (Å²) in [5.74, 6) is 0.271. The molecule has 0 bridgehead atoms. The lowest BCUT2D eigenvalue weighted by atomic mass is 10.1. The van der Waals surface area contributed by atoms with Gasteiger partial charge in [-0.2, -0.15) is 0 Å². The highest BCUT2D eigenvalue weighted by Gasteiger charge is 2.15. The maximum absolute atomic E-state index is 11.8. The average molecular weight is 285 g/mol. The fourth-order valence-corrected chi connectivity index (χ4v) is 1.82. The molecule has 0 aliphatic heterocycles. The van der Waals surface area contributed by atoms with Gasteiger partial charge in [0.2, 0.25) is 5.91 Å². The van der Waals surface area contributed by atoms with E-state index in [0.29, 0.717) is 17.0 Å². The predicted molar refractivity (Wildman–Crippen MR) is 74.0 cm³/mol. The number of nitro benzene ring substituents is 1. The molecule has 104 valence electrons. The maximum atomic E-state index is 11.8. The minimum Gasteiger partial charge on any atom is -0.341 e. The van der Waals surface area contributed by atoms with Crippen LogP contribution in [0.3, 0.4) is 0 Å². The van der Waals surface area contributed by atoms with E-state index in [-0.39, 0.29) is 24.1 Å². The molecule has 1 amide bonds. The van der Waals surface area contributed by atoms with E-state index in [2.05, 4.69) is 0 Å². The van der Waals surface area contributed by atoms with E-state index < -0.39 is 4.92 Å². The molecule has 0 saturated heterocycles. The number of non-ortho nitro benzene ring substituents is 1. The Morgan fingerprint density at radius 2 is 2.11 bits per heavy atom. The Balaban J connectivity index is 2.84. The van der Waals surface area contributed by atoms with Crippen LogP contribution < -0.4 is 0 Å². The van der Waals surface area contributed by atoms with Gasteiger partial charge >= 0.3 is 0 Å². The summed E-state index contributed by atoms with van der Waals surface area (Å²) in [6, 6.07) is 4.24. The molecule has 0 fully saturated rings. The van der Waals surface area contributed by atoms with E-state index in [1.54, 1.807) is 7.05 Å². The number of amides is 1.